The summed E-state index contributed by atoms with van der Waals surface area (Å²) in [6.45, 7) is 5.54. The van der Waals surface area contributed by atoms with Crippen molar-refractivity contribution in [3.8, 4) is 0 Å². The molecule has 5 heteroatoms. The van der Waals surface area contributed by atoms with Gasteiger partial charge in [0.15, 0.2) is 0 Å². The maximum absolute atomic E-state index is 4.70. The summed E-state index contributed by atoms with van der Waals surface area (Å²) in [5.41, 5.74) is 3.47. The lowest BCUT2D eigenvalue weighted by Crippen LogP contribution is -2.29. The Kier molecular flexibility index (Phi) is 4.89. The van der Waals surface area contributed by atoms with Crippen molar-refractivity contribution in [2.75, 3.05) is 25.5 Å². The summed E-state index contributed by atoms with van der Waals surface area (Å²) in [5, 5.41) is 4.43. The fourth-order valence-corrected chi connectivity index (χ4v) is 3.76. The molecule has 1 fully saturated rings. The van der Waals surface area contributed by atoms with Crippen molar-refractivity contribution < 1.29 is 0 Å². The molecule has 5 nitrogen and oxygen atoms in total. The Morgan fingerprint density at radius 2 is 1.88 bits per heavy atom. The smallest absolute Gasteiger partial charge is 0.229 e. The Hall–Kier alpha value is -2.40. The summed E-state index contributed by atoms with van der Waals surface area (Å²) in [6, 6.07) is 10.9. The maximum atomic E-state index is 4.70. The van der Waals surface area contributed by atoms with Crippen LogP contribution in [0.5, 0.6) is 0 Å². The van der Waals surface area contributed by atoms with E-state index in [4.69, 9.17) is 4.98 Å². The molecule has 1 saturated heterocycles. The number of hydrogen-bond acceptors (Lipinski definition) is 4. The molecule has 1 aliphatic heterocycles. The third-order valence-corrected chi connectivity index (χ3v) is 5.32. The number of aromatic nitrogens is 3. The minimum absolute atomic E-state index is 0.653. The molecule has 136 valence electrons. The Morgan fingerprint density at radius 3 is 2.62 bits per heavy atom. The number of likely N-dealkylation sites (tertiary alicyclic amines) is 1. The van der Waals surface area contributed by atoms with Crippen molar-refractivity contribution in [1.82, 2.24) is 19.4 Å². The molecule has 0 spiro atoms. The van der Waals surface area contributed by atoms with Crippen molar-refractivity contribution in [3.63, 3.8) is 0 Å². The fraction of sp³-hybridized carbons (Fsp3) is 0.429. The molecular formula is C21H27N5. The second-order valence-corrected chi connectivity index (χ2v) is 7.31. The molecule has 0 saturated carbocycles. The highest BCUT2D eigenvalue weighted by atomic mass is 15.1. The van der Waals surface area contributed by atoms with Crippen LogP contribution in [0.2, 0.25) is 0 Å². The molecule has 26 heavy (non-hydrogen) atoms. The zero-order valence-electron chi connectivity index (χ0n) is 15.7. The highest BCUT2D eigenvalue weighted by Crippen LogP contribution is 2.28. The van der Waals surface area contributed by atoms with E-state index in [0.29, 0.717) is 11.9 Å². The first-order valence-electron chi connectivity index (χ1n) is 9.60. The van der Waals surface area contributed by atoms with Gasteiger partial charge in [0.1, 0.15) is 5.65 Å². The van der Waals surface area contributed by atoms with Crippen LogP contribution in [0.3, 0.4) is 0 Å². The molecule has 0 amide bonds. The molecule has 1 N–H and O–H groups in total. The van der Waals surface area contributed by atoms with Crippen LogP contribution < -0.4 is 5.32 Å². The van der Waals surface area contributed by atoms with E-state index in [1.54, 1.807) is 0 Å². The van der Waals surface area contributed by atoms with Crippen molar-refractivity contribution in [2.45, 2.75) is 38.6 Å². The van der Waals surface area contributed by atoms with Gasteiger partial charge in [-0.3, -0.25) is 0 Å². The van der Waals surface area contributed by atoms with E-state index in [0.717, 1.165) is 29.7 Å². The number of anilines is 2. The van der Waals surface area contributed by atoms with Gasteiger partial charge >= 0.3 is 0 Å². The van der Waals surface area contributed by atoms with E-state index < -0.39 is 0 Å². The summed E-state index contributed by atoms with van der Waals surface area (Å²) in [4.78, 5) is 11.6. The molecule has 3 heterocycles. The van der Waals surface area contributed by atoms with E-state index in [1.807, 2.05) is 6.20 Å². The molecule has 3 aromatic rings. The summed E-state index contributed by atoms with van der Waals surface area (Å²) in [5.74, 6) is 1.34. The fourth-order valence-electron chi connectivity index (χ4n) is 3.76. The third-order valence-electron chi connectivity index (χ3n) is 5.32. The summed E-state index contributed by atoms with van der Waals surface area (Å²) >= 11 is 0. The molecular weight excluding hydrogens is 322 g/mol. The zero-order chi connectivity index (χ0) is 17.9. The standard InChI is InChI=1S/C21H27N5/c1-3-11-26-14-10-18-15-22-21(24-20(18)26)23-19-6-4-16(5-7-19)17-8-12-25(2)13-9-17/h4-7,10,14-15,17H,3,8-9,11-13H2,1-2H3,(H,22,23,24). The number of nitrogens with zero attached hydrogens (tertiary/aromatic N) is 4. The molecule has 1 aromatic carbocycles. The van der Waals surface area contributed by atoms with Gasteiger partial charge in [-0.05, 0) is 69.1 Å². The Bertz CT molecular complexity index is 860. The molecule has 2 aromatic heterocycles. The van der Waals surface area contributed by atoms with Crippen molar-refractivity contribution >= 4 is 22.7 Å². The quantitative estimate of drug-likeness (QED) is 0.742. The van der Waals surface area contributed by atoms with Crippen LogP contribution in [-0.4, -0.2) is 39.6 Å². The van der Waals surface area contributed by atoms with Crippen LogP contribution in [0.4, 0.5) is 11.6 Å². The van der Waals surface area contributed by atoms with Gasteiger partial charge < -0.3 is 14.8 Å². The Balaban J connectivity index is 1.48. The van der Waals surface area contributed by atoms with Crippen LogP contribution in [0.25, 0.3) is 11.0 Å². The SMILES string of the molecule is CCCn1ccc2cnc(Nc3ccc(C4CCN(C)CC4)cc3)nc21. The lowest BCUT2D eigenvalue weighted by atomic mass is 9.89. The van der Waals surface area contributed by atoms with E-state index in [1.165, 1.54) is 31.5 Å². The summed E-state index contributed by atoms with van der Waals surface area (Å²) in [7, 11) is 2.21. The third kappa shape index (κ3) is 3.58. The van der Waals surface area contributed by atoms with E-state index >= 15 is 0 Å². The first-order chi connectivity index (χ1) is 12.7. The highest BCUT2D eigenvalue weighted by Gasteiger charge is 2.18. The number of piperidine rings is 1. The first kappa shape index (κ1) is 17.0. The Morgan fingerprint density at radius 1 is 1.12 bits per heavy atom. The number of fused-ring (bicyclic) bond motifs is 1. The summed E-state index contributed by atoms with van der Waals surface area (Å²) < 4.78 is 2.19. The van der Waals surface area contributed by atoms with Crippen LogP contribution >= 0.6 is 0 Å². The Labute approximate surface area is 155 Å². The number of aryl methyl sites for hydroxylation is 1. The van der Waals surface area contributed by atoms with Crippen LogP contribution in [0.1, 0.15) is 37.7 Å². The molecule has 0 atom stereocenters. The minimum Gasteiger partial charge on any atom is -0.332 e. The average Bonchev–Trinajstić information content (AvgIpc) is 3.06. The topological polar surface area (TPSA) is 46.0 Å². The van der Waals surface area contributed by atoms with Crippen LogP contribution in [-0.2, 0) is 6.54 Å². The molecule has 4 rings (SSSR count). The van der Waals surface area contributed by atoms with E-state index in [9.17, 15) is 0 Å². The zero-order valence-corrected chi connectivity index (χ0v) is 15.7. The summed E-state index contributed by atoms with van der Waals surface area (Å²) in [6.07, 6.45) is 7.57. The van der Waals surface area contributed by atoms with Gasteiger partial charge in [-0.25, -0.2) is 4.98 Å². The van der Waals surface area contributed by atoms with Gasteiger partial charge in [0, 0.05) is 30.0 Å². The lowest BCUT2D eigenvalue weighted by molar-refractivity contribution is 0.255. The molecule has 0 unspecified atom stereocenters. The highest BCUT2D eigenvalue weighted by molar-refractivity contribution is 5.76. The first-order valence-corrected chi connectivity index (χ1v) is 9.60. The molecule has 0 bridgehead atoms. The second kappa shape index (κ2) is 7.46. The second-order valence-electron chi connectivity index (χ2n) is 7.31. The number of nitrogens with one attached hydrogen (secondary N) is 1. The van der Waals surface area contributed by atoms with Crippen LogP contribution in [0.15, 0.2) is 42.7 Å². The number of benzene rings is 1. The minimum atomic E-state index is 0.653. The molecule has 0 aliphatic carbocycles. The van der Waals surface area contributed by atoms with Gasteiger partial charge in [0.05, 0.1) is 0 Å². The predicted octanol–water partition coefficient (Wildman–Crippen LogP) is 4.39. The number of rotatable bonds is 5. The predicted molar refractivity (Wildman–Crippen MR) is 107 cm³/mol. The lowest BCUT2D eigenvalue weighted by Gasteiger charge is -2.29. The van der Waals surface area contributed by atoms with Crippen molar-refractivity contribution in [1.29, 1.82) is 0 Å². The van der Waals surface area contributed by atoms with Crippen molar-refractivity contribution in [2.24, 2.45) is 0 Å². The average molecular weight is 349 g/mol. The van der Waals surface area contributed by atoms with E-state index in [-0.39, 0.29) is 0 Å². The van der Waals surface area contributed by atoms with Gasteiger partial charge in [-0.2, -0.15) is 4.98 Å². The van der Waals surface area contributed by atoms with Gasteiger partial charge in [-0.1, -0.05) is 19.1 Å². The maximum Gasteiger partial charge on any atom is 0.229 e. The van der Waals surface area contributed by atoms with Gasteiger partial charge in [-0.15, -0.1) is 0 Å². The van der Waals surface area contributed by atoms with Gasteiger partial charge in [0.2, 0.25) is 5.95 Å². The van der Waals surface area contributed by atoms with Crippen LogP contribution in [0, 0.1) is 0 Å². The normalized spacial score (nSPS) is 16.2. The molecule has 0 radical (unpaired) electrons. The van der Waals surface area contributed by atoms with Gasteiger partial charge in [0.25, 0.3) is 0 Å². The largest absolute Gasteiger partial charge is 0.332 e. The van der Waals surface area contributed by atoms with E-state index in [2.05, 4.69) is 70.3 Å². The van der Waals surface area contributed by atoms with Crippen molar-refractivity contribution in [3.05, 3.63) is 48.3 Å². The number of hydrogen-bond donors (Lipinski definition) is 1. The molecule has 1 aliphatic rings. The monoisotopic (exact) mass is 349 g/mol.